The molecule has 3 aromatic rings. The third-order valence-corrected chi connectivity index (χ3v) is 4.07. The SMILES string of the molecule is Cc1nc2n(n1)[C@H](CC(=O)Nc1ccc(Oc3ccccc3)cc1)C(=O)N2. The highest BCUT2D eigenvalue weighted by molar-refractivity contribution is 6.00. The van der Waals surface area contributed by atoms with Crippen molar-refractivity contribution < 1.29 is 14.3 Å². The summed E-state index contributed by atoms with van der Waals surface area (Å²) < 4.78 is 7.17. The van der Waals surface area contributed by atoms with Gasteiger partial charge in [-0.15, -0.1) is 0 Å². The number of rotatable bonds is 5. The number of aromatic nitrogens is 3. The first-order valence-electron chi connectivity index (χ1n) is 8.45. The lowest BCUT2D eigenvalue weighted by atomic mass is 10.2. The van der Waals surface area contributed by atoms with Gasteiger partial charge < -0.3 is 10.1 Å². The van der Waals surface area contributed by atoms with Gasteiger partial charge in [0, 0.05) is 5.69 Å². The summed E-state index contributed by atoms with van der Waals surface area (Å²) in [5.74, 6) is 1.75. The van der Waals surface area contributed by atoms with Crippen molar-refractivity contribution in [1.29, 1.82) is 0 Å². The number of carbonyl (C=O) groups excluding carboxylic acids is 2. The Hall–Kier alpha value is -3.68. The van der Waals surface area contributed by atoms with Crippen LogP contribution in [0.1, 0.15) is 18.3 Å². The van der Waals surface area contributed by atoms with Gasteiger partial charge in [-0.3, -0.25) is 14.9 Å². The maximum Gasteiger partial charge on any atom is 0.252 e. The second-order valence-corrected chi connectivity index (χ2v) is 6.12. The van der Waals surface area contributed by atoms with Gasteiger partial charge in [-0.05, 0) is 43.3 Å². The average molecular weight is 363 g/mol. The van der Waals surface area contributed by atoms with E-state index in [2.05, 4.69) is 20.7 Å². The fourth-order valence-electron chi connectivity index (χ4n) is 2.83. The van der Waals surface area contributed by atoms with Crippen molar-refractivity contribution in [3.8, 4) is 11.5 Å². The van der Waals surface area contributed by atoms with E-state index in [1.807, 2.05) is 30.3 Å². The Morgan fingerprint density at radius 1 is 1.15 bits per heavy atom. The maximum absolute atomic E-state index is 12.3. The standard InChI is InChI=1S/C19H17N5O3/c1-12-20-19-22-18(26)16(24(19)23-12)11-17(25)21-13-7-9-15(10-8-13)27-14-5-3-2-4-6-14/h2-10,16H,11H2,1H3,(H,21,25)(H,20,22,23,26)/t16-/m1/s1. The molecule has 4 rings (SSSR count). The van der Waals surface area contributed by atoms with Crippen LogP contribution in [0.25, 0.3) is 0 Å². The number of aryl methyl sites for hydroxylation is 1. The number of carbonyl (C=O) groups is 2. The Balaban J connectivity index is 1.38. The zero-order valence-corrected chi connectivity index (χ0v) is 14.5. The number of ether oxygens (including phenoxy) is 1. The van der Waals surface area contributed by atoms with Crippen LogP contribution in [0.3, 0.4) is 0 Å². The van der Waals surface area contributed by atoms with Crippen LogP contribution in [0.15, 0.2) is 54.6 Å². The van der Waals surface area contributed by atoms with Gasteiger partial charge in [-0.1, -0.05) is 18.2 Å². The monoisotopic (exact) mass is 363 g/mol. The van der Waals surface area contributed by atoms with Gasteiger partial charge in [-0.2, -0.15) is 10.1 Å². The minimum absolute atomic E-state index is 0.0239. The van der Waals surface area contributed by atoms with Crippen molar-refractivity contribution in [1.82, 2.24) is 14.8 Å². The van der Waals surface area contributed by atoms with Crippen LogP contribution in [-0.2, 0) is 9.59 Å². The van der Waals surface area contributed by atoms with E-state index >= 15 is 0 Å². The van der Waals surface area contributed by atoms with Gasteiger partial charge in [-0.25, -0.2) is 4.68 Å². The highest BCUT2D eigenvalue weighted by atomic mass is 16.5. The molecular formula is C19H17N5O3. The Kier molecular flexibility index (Phi) is 4.29. The molecule has 2 aromatic carbocycles. The topological polar surface area (TPSA) is 98.1 Å². The lowest BCUT2D eigenvalue weighted by molar-refractivity contribution is -0.123. The lowest BCUT2D eigenvalue weighted by Crippen LogP contribution is -2.23. The van der Waals surface area contributed by atoms with Crippen molar-refractivity contribution in [3.05, 3.63) is 60.4 Å². The summed E-state index contributed by atoms with van der Waals surface area (Å²) in [6.45, 7) is 1.73. The van der Waals surface area contributed by atoms with E-state index in [0.29, 0.717) is 23.2 Å². The van der Waals surface area contributed by atoms with Gasteiger partial charge >= 0.3 is 0 Å². The first-order valence-corrected chi connectivity index (χ1v) is 8.45. The summed E-state index contributed by atoms with van der Waals surface area (Å²) >= 11 is 0. The highest BCUT2D eigenvalue weighted by Gasteiger charge is 2.34. The van der Waals surface area contributed by atoms with E-state index in [0.717, 1.165) is 5.75 Å². The molecule has 0 aliphatic carbocycles. The molecule has 8 nitrogen and oxygen atoms in total. The molecule has 0 saturated heterocycles. The van der Waals surface area contributed by atoms with Crippen LogP contribution < -0.4 is 15.4 Å². The van der Waals surface area contributed by atoms with Crippen LogP contribution >= 0.6 is 0 Å². The molecule has 1 aromatic heterocycles. The first kappa shape index (κ1) is 16.8. The van der Waals surface area contributed by atoms with Crippen molar-refractivity contribution in [2.75, 3.05) is 10.6 Å². The number of benzene rings is 2. The average Bonchev–Trinajstić information content (AvgIpc) is 3.14. The molecule has 0 spiro atoms. The number of hydrogen-bond acceptors (Lipinski definition) is 5. The molecule has 27 heavy (non-hydrogen) atoms. The molecule has 2 amide bonds. The number of anilines is 2. The molecule has 1 aliphatic heterocycles. The molecule has 136 valence electrons. The zero-order chi connectivity index (χ0) is 18.8. The normalized spacial score (nSPS) is 15.1. The molecule has 2 N–H and O–H groups in total. The quantitative estimate of drug-likeness (QED) is 0.726. The van der Waals surface area contributed by atoms with Gasteiger partial charge in [0.05, 0.1) is 6.42 Å². The number of nitrogens with zero attached hydrogens (tertiary/aromatic N) is 3. The zero-order valence-electron chi connectivity index (χ0n) is 14.5. The smallest absolute Gasteiger partial charge is 0.252 e. The van der Waals surface area contributed by atoms with Crippen LogP contribution in [0.4, 0.5) is 11.6 Å². The summed E-state index contributed by atoms with van der Waals surface area (Å²) in [5.41, 5.74) is 0.619. The third-order valence-electron chi connectivity index (χ3n) is 4.07. The summed E-state index contributed by atoms with van der Waals surface area (Å²) in [5, 5.41) is 9.56. The van der Waals surface area contributed by atoms with Crippen LogP contribution in [0.2, 0.25) is 0 Å². The van der Waals surface area contributed by atoms with E-state index < -0.39 is 6.04 Å². The number of amides is 2. The van der Waals surface area contributed by atoms with E-state index in [4.69, 9.17) is 4.74 Å². The largest absolute Gasteiger partial charge is 0.457 e. The summed E-state index contributed by atoms with van der Waals surface area (Å²) in [6.07, 6.45) is -0.0239. The predicted octanol–water partition coefficient (Wildman–Crippen LogP) is 2.90. The van der Waals surface area contributed by atoms with E-state index in [1.165, 1.54) is 4.68 Å². The minimum atomic E-state index is -0.693. The molecule has 1 aliphatic rings. The molecule has 0 saturated carbocycles. The fraction of sp³-hybridized carbons (Fsp3) is 0.158. The van der Waals surface area contributed by atoms with Crippen LogP contribution in [0.5, 0.6) is 11.5 Å². The first-order chi connectivity index (χ1) is 13.1. The molecule has 0 fully saturated rings. The Morgan fingerprint density at radius 2 is 1.85 bits per heavy atom. The lowest BCUT2D eigenvalue weighted by Gasteiger charge is -2.10. The molecule has 1 atom stereocenters. The van der Waals surface area contributed by atoms with Crippen molar-refractivity contribution >= 4 is 23.5 Å². The second kappa shape index (κ2) is 6.91. The third kappa shape index (κ3) is 3.64. The van der Waals surface area contributed by atoms with Gasteiger partial charge in [0.1, 0.15) is 23.4 Å². The van der Waals surface area contributed by atoms with Crippen molar-refractivity contribution in [3.63, 3.8) is 0 Å². The van der Waals surface area contributed by atoms with E-state index in [-0.39, 0.29) is 18.2 Å². The molecule has 2 heterocycles. The van der Waals surface area contributed by atoms with Crippen molar-refractivity contribution in [2.24, 2.45) is 0 Å². The second-order valence-electron chi connectivity index (χ2n) is 6.12. The number of para-hydroxylation sites is 1. The number of hydrogen-bond donors (Lipinski definition) is 2. The maximum atomic E-state index is 12.3. The van der Waals surface area contributed by atoms with Gasteiger partial charge in [0.15, 0.2) is 0 Å². The van der Waals surface area contributed by atoms with Crippen LogP contribution in [0, 0.1) is 6.92 Å². The van der Waals surface area contributed by atoms with Crippen molar-refractivity contribution in [2.45, 2.75) is 19.4 Å². The Morgan fingerprint density at radius 3 is 2.59 bits per heavy atom. The number of nitrogens with one attached hydrogen (secondary N) is 2. The molecular weight excluding hydrogens is 346 g/mol. The highest BCUT2D eigenvalue weighted by Crippen LogP contribution is 2.26. The molecule has 0 unspecified atom stereocenters. The van der Waals surface area contributed by atoms with Gasteiger partial charge in [0.2, 0.25) is 11.9 Å². The number of fused-ring (bicyclic) bond motifs is 1. The Labute approximate surface area is 155 Å². The van der Waals surface area contributed by atoms with E-state index in [9.17, 15) is 9.59 Å². The summed E-state index contributed by atoms with van der Waals surface area (Å²) in [4.78, 5) is 28.4. The molecule has 0 bridgehead atoms. The van der Waals surface area contributed by atoms with E-state index in [1.54, 1.807) is 31.2 Å². The Bertz CT molecular complexity index is 982. The fourth-order valence-corrected chi connectivity index (χ4v) is 2.83. The minimum Gasteiger partial charge on any atom is -0.457 e. The van der Waals surface area contributed by atoms with Gasteiger partial charge in [0.25, 0.3) is 5.91 Å². The predicted molar refractivity (Wildman–Crippen MR) is 98.6 cm³/mol. The molecule has 8 heteroatoms. The summed E-state index contributed by atoms with van der Waals surface area (Å²) in [6, 6.07) is 15.8. The van der Waals surface area contributed by atoms with Crippen LogP contribution in [-0.4, -0.2) is 26.6 Å². The molecule has 0 radical (unpaired) electrons. The summed E-state index contributed by atoms with van der Waals surface area (Å²) in [7, 11) is 0.